The molecular weight excluding hydrogens is 340 g/mol. The van der Waals surface area contributed by atoms with Crippen molar-refractivity contribution < 1.29 is 9.59 Å². The zero-order valence-electron chi connectivity index (χ0n) is 15.0. The first-order chi connectivity index (χ1) is 13.1. The monoisotopic (exact) mass is 360 g/mol. The highest BCUT2D eigenvalue weighted by Gasteiger charge is 2.12. The molecule has 0 aliphatic rings. The highest BCUT2D eigenvalue weighted by molar-refractivity contribution is 5.98. The largest absolute Gasteiger partial charge is 0.348 e. The van der Waals surface area contributed by atoms with Crippen LogP contribution in [0.2, 0.25) is 0 Å². The Hall–Kier alpha value is -3.54. The number of hydrogen-bond donors (Lipinski definition) is 2. The topological polar surface area (TPSA) is 84.0 Å². The lowest BCUT2D eigenvalue weighted by molar-refractivity contribution is 0.0946. The molecule has 0 saturated heterocycles. The molecule has 2 heterocycles. The van der Waals surface area contributed by atoms with Crippen molar-refractivity contribution in [3.8, 4) is 0 Å². The van der Waals surface area contributed by atoms with Gasteiger partial charge in [-0.15, -0.1) is 0 Å². The quantitative estimate of drug-likeness (QED) is 0.708. The summed E-state index contributed by atoms with van der Waals surface area (Å²) in [5, 5.41) is 5.65. The molecule has 0 bridgehead atoms. The van der Waals surface area contributed by atoms with Crippen molar-refractivity contribution in [3.63, 3.8) is 0 Å². The van der Waals surface area contributed by atoms with Crippen LogP contribution in [0.3, 0.4) is 0 Å². The molecule has 2 N–H and O–H groups in total. The number of amides is 2. The maximum absolute atomic E-state index is 12.4. The van der Waals surface area contributed by atoms with Crippen molar-refractivity contribution in [1.82, 2.24) is 20.6 Å². The fourth-order valence-corrected chi connectivity index (χ4v) is 2.56. The number of pyridine rings is 2. The molecule has 136 valence electrons. The van der Waals surface area contributed by atoms with Crippen LogP contribution in [0.1, 0.15) is 37.5 Å². The lowest BCUT2D eigenvalue weighted by Crippen LogP contribution is -2.26. The Balaban J connectivity index is 1.61. The summed E-state index contributed by atoms with van der Waals surface area (Å²) in [4.78, 5) is 32.8. The zero-order chi connectivity index (χ0) is 19.1. The summed E-state index contributed by atoms with van der Waals surface area (Å²) in [7, 11) is 0. The van der Waals surface area contributed by atoms with Crippen LogP contribution in [0.5, 0.6) is 0 Å². The fraction of sp³-hybridized carbons (Fsp3) is 0.143. The second-order valence-electron chi connectivity index (χ2n) is 6.08. The minimum absolute atomic E-state index is 0.206. The third-order valence-corrected chi connectivity index (χ3v) is 4.13. The van der Waals surface area contributed by atoms with E-state index in [-0.39, 0.29) is 17.5 Å². The van der Waals surface area contributed by atoms with E-state index in [2.05, 4.69) is 20.6 Å². The SMILES string of the molecule is Cc1ccccc1CNC(=O)c1cc(C(=O)NCc2cccnc2)ccn1. The molecule has 0 saturated carbocycles. The lowest BCUT2D eigenvalue weighted by Gasteiger charge is -2.09. The van der Waals surface area contributed by atoms with E-state index < -0.39 is 0 Å². The Kier molecular flexibility index (Phi) is 5.89. The van der Waals surface area contributed by atoms with Crippen LogP contribution in [0, 0.1) is 6.92 Å². The minimum atomic E-state index is -0.319. The summed E-state index contributed by atoms with van der Waals surface area (Å²) in [6.07, 6.45) is 4.83. The van der Waals surface area contributed by atoms with Gasteiger partial charge in [0.25, 0.3) is 11.8 Å². The van der Waals surface area contributed by atoms with E-state index in [1.54, 1.807) is 18.5 Å². The van der Waals surface area contributed by atoms with Crippen molar-refractivity contribution in [2.24, 2.45) is 0 Å². The van der Waals surface area contributed by atoms with Crippen LogP contribution < -0.4 is 10.6 Å². The van der Waals surface area contributed by atoms with Gasteiger partial charge >= 0.3 is 0 Å². The summed E-state index contributed by atoms with van der Waals surface area (Å²) in [5.41, 5.74) is 3.63. The molecule has 0 fully saturated rings. The van der Waals surface area contributed by atoms with Gasteiger partial charge in [-0.05, 0) is 41.8 Å². The first-order valence-electron chi connectivity index (χ1n) is 8.59. The van der Waals surface area contributed by atoms with E-state index in [0.29, 0.717) is 18.7 Å². The van der Waals surface area contributed by atoms with Gasteiger partial charge in [0.1, 0.15) is 5.69 Å². The molecule has 0 unspecified atom stereocenters. The van der Waals surface area contributed by atoms with E-state index in [1.165, 1.54) is 12.3 Å². The standard InChI is InChI=1S/C21H20N4O2/c1-15-5-2-3-7-18(15)14-25-21(27)19-11-17(8-10-23-19)20(26)24-13-16-6-4-9-22-12-16/h2-12H,13-14H2,1H3,(H,24,26)(H,25,27). The van der Waals surface area contributed by atoms with Crippen molar-refractivity contribution in [2.75, 3.05) is 0 Å². The molecule has 3 rings (SSSR count). The van der Waals surface area contributed by atoms with Crippen LogP contribution in [0.25, 0.3) is 0 Å². The van der Waals surface area contributed by atoms with Gasteiger partial charge in [0.2, 0.25) is 0 Å². The highest BCUT2D eigenvalue weighted by Crippen LogP contribution is 2.08. The number of aromatic nitrogens is 2. The molecule has 2 amide bonds. The van der Waals surface area contributed by atoms with E-state index in [9.17, 15) is 9.59 Å². The number of aryl methyl sites for hydroxylation is 1. The number of nitrogens with one attached hydrogen (secondary N) is 2. The number of carbonyl (C=O) groups is 2. The highest BCUT2D eigenvalue weighted by atomic mass is 16.2. The van der Waals surface area contributed by atoms with Gasteiger partial charge in [0.05, 0.1) is 0 Å². The maximum atomic E-state index is 12.4. The Morgan fingerprint density at radius 1 is 0.926 bits per heavy atom. The van der Waals surface area contributed by atoms with E-state index >= 15 is 0 Å². The van der Waals surface area contributed by atoms with Crippen molar-refractivity contribution in [1.29, 1.82) is 0 Å². The minimum Gasteiger partial charge on any atom is -0.348 e. The van der Waals surface area contributed by atoms with Gasteiger partial charge in [0, 0.05) is 37.2 Å². The molecule has 0 aliphatic heterocycles. The Morgan fingerprint density at radius 3 is 2.52 bits per heavy atom. The molecular formula is C21H20N4O2. The molecule has 3 aromatic rings. The summed E-state index contributed by atoms with van der Waals surface area (Å²) in [6, 6.07) is 14.6. The van der Waals surface area contributed by atoms with E-state index in [1.807, 2.05) is 43.3 Å². The van der Waals surface area contributed by atoms with Crippen LogP contribution in [-0.4, -0.2) is 21.8 Å². The van der Waals surface area contributed by atoms with Crippen LogP contribution in [-0.2, 0) is 13.1 Å². The number of benzene rings is 1. The summed E-state index contributed by atoms with van der Waals surface area (Å²) >= 11 is 0. The number of rotatable bonds is 6. The van der Waals surface area contributed by atoms with Gasteiger partial charge in [-0.1, -0.05) is 30.3 Å². The summed E-state index contributed by atoms with van der Waals surface area (Å²) in [6.45, 7) is 2.77. The third kappa shape index (κ3) is 4.98. The van der Waals surface area contributed by atoms with Gasteiger partial charge < -0.3 is 10.6 Å². The average molecular weight is 360 g/mol. The molecule has 27 heavy (non-hydrogen) atoms. The smallest absolute Gasteiger partial charge is 0.270 e. The van der Waals surface area contributed by atoms with Crippen molar-refractivity contribution in [3.05, 3.63) is 95.1 Å². The molecule has 6 nitrogen and oxygen atoms in total. The molecule has 2 aromatic heterocycles. The molecule has 6 heteroatoms. The van der Waals surface area contributed by atoms with E-state index in [4.69, 9.17) is 0 Å². The Bertz CT molecular complexity index is 942. The van der Waals surface area contributed by atoms with Gasteiger partial charge in [-0.2, -0.15) is 0 Å². The number of hydrogen-bond acceptors (Lipinski definition) is 4. The van der Waals surface area contributed by atoms with Crippen LogP contribution in [0.4, 0.5) is 0 Å². The maximum Gasteiger partial charge on any atom is 0.270 e. The zero-order valence-corrected chi connectivity index (χ0v) is 15.0. The molecule has 0 atom stereocenters. The lowest BCUT2D eigenvalue weighted by atomic mass is 10.1. The second kappa shape index (κ2) is 8.71. The molecule has 0 spiro atoms. The number of carbonyl (C=O) groups excluding carboxylic acids is 2. The van der Waals surface area contributed by atoms with Gasteiger partial charge in [-0.25, -0.2) is 0 Å². The Labute approximate surface area is 157 Å². The van der Waals surface area contributed by atoms with Crippen LogP contribution in [0.15, 0.2) is 67.1 Å². The molecule has 1 aromatic carbocycles. The van der Waals surface area contributed by atoms with Crippen molar-refractivity contribution in [2.45, 2.75) is 20.0 Å². The molecule has 0 radical (unpaired) electrons. The predicted molar refractivity (Wildman–Crippen MR) is 102 cm³/mol. The average Bonchev–Trinajstić information content (AvgIpc) is 2.72. The molecule has 0 aliphatic carbocycles. The van der Waals surface area contributed by atoms with Gasteiger partial charge in [-0.3, -0.25) is 19.6 Å². The third-order valence-electron chi connectivity index (χ3n) is 4.13. The first-order valence-corrected chi connectivity index (χ1v) is 8.59. The van der Waals surface area contributed by atoms with Crippen molar-refractivity contribution >= 4 is 11.8 Å². The first kappa shape index (κ1) is 18.3. The van der Waals surface area contributed by atoms with Gasteiger partial charge in [0.15, 0.2) is 0 Å². The Morgan fingerprint density at radius 2 is 1.74 bits per heavy atom. The normalized spacial score (nSPS) is 10.3. The summed E-state index contributed by atoms with van der Waals surface area (Å²) < 4.78 is 0. The number of nitrogens with zero attached hydrogens (tertiary/aromatic N) is 2. The summed E-state index contributed by atoms with van der Waals surface area (Å²) in [5.74, 6) is -0.589. The second-order valence-corrected chi connectivity index (χ2v) is 6.08. The van der Waals surface area contributed by atoms with E-state index in [0.717, 1.165) is 16.7 Å². The predicted octanol–water partition coefficient (Wildman–Crippen LogP) is 2.65. The van der Waals surface area contributed by atoms with Crippen LogP contribution >= 0.6 is 0 Å². The fourth-order valence-electron chi connectivity index (χ4n) is 2.56.